The molecule has 2 aromatic rings. The van der Waals surface area contributed by atoms with Gasteiger partial charge < -0.3 is 10.5 Å². The Labute approximate surface area is 121 Å². The molecule has 102 valence electrons. The highest BCUT2D eigenvalue weighted by Gasteiger charge is 2.48. The van der Waals surface area contributed by atoms with Crippen LogP contribution in [0, 0.1) is 0 Å². The molecular weight excluding hydrogens is 270 g/mol. The summed E-state index contributed by atoms with van der Waals surface area (Å²) in [5, 5.41) is 3.08. The molecule has 0 saturated heterocycles. The molecule has 1 aliphatic heterocycles. The molecule has 2 atom stereocenters. The van der Waals surface area contributed by atoms with Gasteiger partial charge in [-0.3, -0.25) is 0 Å². The smallest absolute Gasteiger partial charge is 0.282 e. The van der Waals surface area contributed by atoms with Gasteiger partial charge in [-0.05, 0) is 18.1 Å². The van der Waals surface area contributed by atoms with E-state index in [4.69, 9.17) is 10.5 Å². The summed E-state index contributed by atoms with van der Waals surface area (Å²) in [5.41, 5.74) is 9.45. The van der Waals surface area contributed by atoms with Gasteiger partial charge in [-0.2, -0.15) is 0 Å². The zero-order chi connectivity index (χ0) is 13.7. The lowest BCUT2D eigenvalue weighted by Crippen LogP contribution is -2.36. The van der Waals surface area contributed by atoms with Gasteiger partial charge in [-0.15, -0.1) is 11.3 Å². The van der Waals surface area contributed by atoms with Gasteiger partial charge in [0, 0.05) is 30.0 Å². The van der Waals surface area contributed by atoms with Crippen LogP contribution in [0.2, 0.25) is 0 Å². The van der Waals surface area contributed by atoms with Crippen LogP contribution in [-0.2, 0) is 17.6 Å². The van der Waals surface area contributed by atoms with Crippen molar-refractivity contribution in [3.63, 3.8) is 0 Å². The van der Waals surface area contributed by atoms with Crippen molar-refractivity contribution < 1.29 is 4.74 Å². The van der Waals surface area contributed by atoms with E-state index in [-0.39, 0.29) is 11.6 Å². The van der Waals surface area contributed by atoms with E-state index in [1.807, 2.05) is 11.6 Å². The third-order valence-electron chi connectivity index (χ3n) is 4.30. The van der Waals surface area contributed by atoms with E-state index in [9.17, 15) is 0 Å². The Morgan fingerprint density at radius 1 is 1.40 bits per heavy atom. The highest BCUT2D eigenvalue weighted by atomic mass is 32.1. The summed E-state index contributed by atoms with van der Waals surface area (Å²) in [6.45, 7) is 2.05. The number of aliphatic imine (C=N–C) groups is 1. The summed E-state index contributed by atoms with van der Waals surface area (Å²) in [7, 11) is 0. The van der Waals surface area contributed by atoms with Crippen LogP contribution < -0.4 is 5.73 Å². The fraction of sp³-hybridized carbons (Fsp3) is 0.333. The second kappa shape index (κ2) is 4.06. The summed E-state index contributed by atoms with van der Waals surface area (Å²) in [6, 6.07) is 6.74. The van der Waals surface area contributed by atoms with E-state index < -0.39 is 0 Å². The van der Waals surface area contributed by atoms with Crippen LogP contribution >= 0.6 is 11.3 Å². The van der Waals surface area contributed by atoms with Crippen molar-refractivity contribution in [1.29, 1.82) is 0 Å². The molecule has 0 bridgehead atoms. The number of thiazole rings is 1. The monoisotopic (exact) mass is 285 g/mol. The van der Waals surface area contributed by atoms with Crippen LogP contribution in [0.25, 0.3) is 10.6 Å². The maximum absolute atomic E-state index is 5.76. The van der Waals surface area contributed by atoms with E-state index in [0.29, 0.717) is 6.02 Å². The van der Waals surface area contributed by atoms with Gasteiger partial charge in [0.05, 0.1) is 0 Å². The first kappa shape index (κ1) is 11.9. The number of ether oxygens (including phenoxy) is 1. The SMILES string of the molecule is C[C@H]1OC(N)=N[C@@]12Cc1cccc(-c3nccs3)c1C2. The molecule has 0 fully saturated rings. The number of rotatable bonds is 1. The van der Waals surface area contributed by atoms with Gasteiger partial charge in [-0.1, -0.05) is 18.2 Å². The van der Waals surface area contributed by atoms with Crippen molar-refractivity contribution in [1.82, 2.24) is 4.98 Å². The summed E-state index contributed by atoms with van der Waals surface area (Å²) >= 11 is 1.67. The number of benzene rings is 1. The minimum Gasteiger partial charge on any atom is -0.460 e. The molecule has 0 radical (unpaired) electrons. The maximum Gasteiger partial charge on any atom is 0.282 e. The normalized spacial score (nSPS) is 27.4. The third-order valence-corrected chi connectivity index (χ3v) is 5.11. The molecule has 2 N–H and O–H groups in total. The number of nitrogens with zero attached hydrogens (tertiary/aromatic N) is 2. The predicted octanol–water partition coefficient (Wildman–Crippen LogP) is 2.38. The first-order valence-electron chi connectivity index (χ1n) is 6.70. The van der Waals surface area contributed by atoms with Crippen molar-refractivity contribution in [2.45, 2.75) is 31.4 Å². The summed E-state index contributed by atoms with van der Waals surface area (Å²) < 4.78 is 5.58. The lowest BCUT2D eigenvalue weighted by molar-refractivity contribution is 0.157. The Balaban J connectivity index is 1.81. The van der Waals surface area contributed by atoms with Gasteiger partial charge in [0.2, 0.25) is 0 Å². The number of amidine groups is 1. The van der Waals surface area contributed by atoms with Gasteiger partial charge >= 0.3 is 0 Å². The van der Waals surface area contributed by atoms with Crippen molar-refractivity contribution in [3.8, 4) is 10.6 Å². The number of hydrogen-bond acceptors (Lipinski definition) is 5. The van der Waals surface area contributed by atoms with Crippen LogP contribution in [0.5, 0.6) is 0 Å². The second-order valence-corrected chi connectivity index (χ2v) is 6.34. The molecule has 1 aromatic carbocycles. The fourth-order valence-corrected chi connectivity index (χ4v) is 3.95. The quantitative estimate of drug-likeness (QED) is 0.875. The molecule has 1 aromatic heterocycles. The Morgan fingerprint density at radius 2 is 2.30 bits per heavy atom. The zero-order valence-electron chi connectivity index (χ0n) is 11.2. The van der Waals surface area contributed by atoms with Gasteiger partial charge in [-0.25, -0.2) is 9.98 Å². The van der Waals surface area contributed by atoms with E-state index in [1.165, 1.54) is 16.7 Å². The summed E-state index contributed by atoms with van der Waals surface area (Å²) in [5.74, 6) is 0. The topological polar surface area (TPSA) is 60.5 Å². The Bertz CT molecular complexity index is 695. The van der Waals surface area contributed by atoms with Crippen LogP contribution in [0.4, 0.5) is 0 Å². The lowest BCUT2D eigenvalue weighted by Gasteiger charge is -2.23. The zero-order valence-corrected chi connectivity index (χ0v) is 12.0. The Kier molecular flexibility index (Phi) is 2.41. The second-order valence-electron chi connectivity index (χ2n) is 5.45. The summed E-state index contributed by atoms with van der Waals surface area (Å²) in [4.78, 5) is 9.03. The highest BCUT2D eigenvalue weighted by Crippen LogP contribution is 2.43. The molecule has 0 saturated carbocycles. The van der Waals surface area contributed by atoms with Crippen molar-refractivity contribution in [2.75, 3.05) is 0 Å². The highest BCUT2D eigenvalue weighted by molar-refractivity contribution is 7.13. The van der Waals surface area contributed by atoms with Gasteiger partial charge in [0.1, 0.15) is 16.7 Å². The van der Waals surface area contributed by atoms with E-state index >= 15 is 0 Å². The first-order valence-corrected chi connectivity index (χ1v) is 7.58. The number of fused-ring (bicyclic) bond motifs is 1. The fourth-order valence-electron chi connectivity index (χ4n) is 3.26. The van der Waals surface area contributed by atoms with E-state index in [0.717, 1.165) is 17.8 Å². The Morgan fingerprint density at radius 3 is 3.00 bits per heavy atom. The first-order chi connectivity index (χ1) is 9.68. The average molecular weight is 285 g/mol. The van der Waals surface area contributed by atoms with Crippen molar-refractivity contribution in [2.24, 2.45) is 10.7 Å². The molecule has 2 heterocycles. The molecular formula is C15H15N3OS. The molecule has 1 spiro atoms. The lowest BCUT2D eigenvalue weighted by atomic mass is 9.91. The van der Waals surface area contributed by atoms with E-state index in [2.05, 4.69) is 35.1 Å². The van der Waals surface area contributed by atoms with Crippen LogP contribution in [-0.4, -0.2) is 22.6 Å². The predicted molar refractivity (Wildman–Crippen MR) is 79.9 cm³/mol. The minimum absolute atomic E-state index is 0.0269. The van der Waals surface area contributed by atoms with Crippen molar-refractivity contribution in [3.05, 3.63) is 40.9 Å². The van der Waals surface area contributed by atoms with E-state index in [1.54, 1.807) is 11.3 Å². The third kappa shape index (κ3) is 1.59. The van der Waals surface area contributed by atoms with Gasteiger partial charge in [0.25, 0.3) is 6.02 Å². The van der Waals surface area contributed by atoms with Crippen LogP contribution in [0.15, 0.2) is 34.8 Å². The average Bonchev–Trinajstić information content (AvgIpc) is 3.09. The molecule has 4 rings (SSSR count). The molecule has 0 amide bonds. The number of aromatic nitrogens is 1. The molecule has 5 heteroatoms. The molecule has 20 heavy (non-hydrogen) atoms. The largest absolute Gasteiger partial charge is 0.460 e. The Hall–Kier alpha value is -1.88. The van der Waals surface area contributed by atoms with Crippen LogP contribution in [0.3, 0.4) is 0 Å². The molecule has 1 aliphatic carbocycles. The van der Waals surface area contributed by atoms with Crippen LogP contribution in [0.1, 0.15) is 18.1 Å². The van der Waals surface area contributed by atoms with Gasteiger partial charge in [0.15, 0.2) is 0 Å². The molecule has 2 aliphatic rings. The van der Waals surface area contributed by atoms with Crippen molar-refractivity contribution >= 4 is 17.4 Å². The summed E-state index contributed by atoms with van der Waals surface area (Å²) in [6.07, 6.45) is 3.64. The minimum atomic E-state index is -0.222. The molecule has 4 nitrogen and oxygen atoms in total. The standard InChI is InChI=1S/C15H15N3OS/c1-9-15(18-14(16)19-9)7-10-3-2-4-11(12(10)8-15)13-17-5-6-20-13/h2-6,9H,7-8H2,1H3,(H2,16,18)/t9-,15-/m1/s1. The molecule has 0 unspecified atom stereocenters. The number of hydrogen-bond donors (Lipinski definition) is 1. The number of nitrogens with two attached hydrogens (primary N) is 1. The maximum atomic E-state index is 5.76.